The normalized spacial score (nSPS) is 11.7. The molecule has 0 spiro atoms. The first-order valence-electron chi connectivity index (χ1n) is 7.88. The molecule has 0 aliphatic rings. The highest BCUT2D eigenvalue weighted by Crippen LogP contribution is 2.22. The van der Waals surface area contributed by atoms with E-state index in [1.165, 1.54) is 5.56 Å². The van der Waals surface area contributed by atoms with Gasteiger partial charge in [-0.2, -0.15) is 0 Å². The Morgan fingerprint density at radius 3 is 2.61 bits per heavy atom. The molecule has 0 saturated carbocycles. The van der Waals surface area contributed by atoms with Crippen molar-refractivity contribution in [1.29, 1.82) is 0 Å². The second-order valence-electron chi connectivity index (χ2n) is 5.49. The predicted molar refractivity (Wildman–Crippen MR) is 99.1 cm³/mol. The largest absolute Gasteiger partial charge is 0.350 e. The Balaban J connectivity index is 1.92. The van der Waals surface area contributed by atoms with Crippen molar-refractivity contribution < 1.29 is 4.79 Å². The van der Waals surface area contributed by atoms with E-state index in [1.807, 2.05) is 48.5 Å². The summed E-state index contributed by atoms with van der Waals surface area (Å²) in [5.41, 5.74) is 2.04. The van der Waals surface area contributed by atoms with Gasteiger partial charge in [0, 0.05) is 16.7 Å². The molecule has 2 rings (SSSR count). The number of nitrogens with one attached hydrogen (secondary N) is 1. The maximum absolute atomic E-state index is 12.5. The third kappa shape index (κ3) is 5.61. The van der Waals surface area contributed by atoms with Crippen LogP contribution >= 0.6 is 11.8 Å². The van der Waals surface area contributed by atoms with E-state index >= 15 is 0 Å². The Morgan fingerprint density at radius 1 is 1.17 bits per heavy atom. The zero-order valence-electron chi connectivity index (χ0n) is 13.5. The molecule has 1 atom stereocenters. The van der Waals surface area contributed by atoms with Crippen molar-refractivity contribution in [1.82, 2.24) is 5.32 Å². The summed E-state index contributed by atoms with van der Waals surface area (Å²) in [4.78, 5) is 13.5. The molecule has 0 aromatic heterocycles. The van der Waals surface area contributed by atoms with Crippen molar-refractivity contribution in [2.24, 2.45) is 0 Å². The molecule has 2 aromatic rings. The topological polar surface area (TPSA) is 29.1 Å². The van der Waals surface area contributed by atoms with Crippen molar-refractivity contribution in [3.63, 3.8) is 0 Å². The average molecular weight is 325 g/mol. The Bertz CT molecular complexity index is 639. The van der Waals surface area contributed by atoms with Gasteiger partial charge in [-0.15, -0.1) is 18.3 Å². The van der Waals surface area contributed by atoms with Crippen LogP contribution in [0.5, 0.6) is 0 Å². The van der Waals surface area contributed by atoms with Crippen molar-refractivity contribution in [2.45, 2.75) is 30.7 Å². The molecule has 2 nitrogen and oxygen atoms in total. The van der Waals surface area contributed by atoms with Gasteiger partial charge in [-0.1, -0.05) is 48.5 Å². The SMILES string of the molecule is C=CCSc1ccccc1C(=O)N[C@H](C)CCc1ccccc1. The average Bonchev–Trinajstić information content (AvgIpc) is 2.59. The number of carbonyl (C=O) groups is 1. The van der Waals surface area contributed by atoms with Gasteiger partial charge in [-0.05, 0) is 37.5 Å². The number of hydrogen-bond acceptors (Lipinski definition) is 2. The molecule has 1 amide bonds. The van der Waals surface area contributed by atoms with Gasteiger partial charge in [-0.3, -0.25) is 4.79 Å². The van der Waals surface area contributed by atoms with Crippen LogP contribution in [0.15, 0.2) is 72.1 Å². The Labute approximate surface area is 143 Å². The molecular formula is C20H23NOS. The van der Waals surface area contributed by atoms with E-state index in [9.17, 15) is 4.79 Å². The maximum Gasteiger partial charge on any atom is 0.252 e. The first kappa shape index (κ1) is 17.4. The molecule has 0 radical (unpaired) electrons. The van der Waals surface area contributed by atoms with Crippen LogP contribution in [0.3, 0.4) is 0 Å². The first-order valence-corrected chi connectivity index (χ1v) is 8.86. The molecule has 0 unspecified atom stereocenters. The summed E-state index contributed by atoms with van der Waals surface area (Å²) in [5.74, 6) is 0.797. The Hall–Kier alpha value is -2.00. The van der Waals surface area contributed by atoms with Gasteiger partial charge in [-0.25, -0.2) is 0 Å². The third-order valence-electron chi connectivity index (χ3n) is 3.57. The minimum atomic E-state index is -0.00211. The van der Waals surface area contributed by atoms with Crippen molar-refractivity contribution >= 4 is 17.7 Å². The molecule has 120 valence electrons. The minimum Gasteiger partial charge on any atom is -0.350 e. The highest BCUT2D eigenvalue weighted by molar-refractivity contribution is 7.99. The van der Waals surface area contributed by atoms with Crippen LogP contribution in [0.2, 0.25) is 0 Å². The summed E-state index contributed by atoms with van der Waals surface area (Å²) in [6.45, 7) is 5.79. The highest BCUT2D eigenvalue weighted by atomic mass is 32.2. The Kier molecular flexibility index (Phi) is 6.95. The van der Waals surface area contributed by atoms with Crippen LogP contribution in [0.4, 0.5) is 0 Å². The van der Waals surface area contributed by atoms with Gasteiger partial charge in [0.05, 0.1) is 5.56 Å². The monoisotopic (exact) mass is 325 g/mol. The van der Waals surface area contributed by atoms with E-state index in [0.717, 1.165) is 29.1 Å². The minimum absolute atomic E-state index is 0.00211. The first-order chi connectivity index (χ1) is 11.2. The predicted octanol–water partition coefficient (Wildman–Crippen LogP) is 4.72. The van der Waals surface area contributed by atoms with Gasteiger partial charge < -0.3 is 5.32 Å². The third-order valence-corrected chi connectivity index (χ3v) is 4.64. The lowest BCUT2D eigenvalue weighted by Crippen LogP contribution is -2.33. The second-order valence-corrected chi connectivity index (χ2v) is 6.56. The number of aryl methyl sites for hydroxylation is 1. The molecule has 0 aliphatic carbocycles. The fourth-order valence-corrected chi connectivity index (χ4v) is 3.12. The van der Waals surface area contributed by atoms with Crippen LogP contribution in [-0.2, 0) is 6.42 Å². The summed E-state index contributed by atoms with van der Waals surface area (Å²) in [6, 6.07) is 18.2. The summed E-state index contributed by atoms with van der Waals surface area (Å²) >= 11 is 1.63. The van der Waals surface area contributed by atoms with Gasteiger partial charge >= 0.3 is 0 Å². The summed E-state index contributed by atoms with van der Waals surface area (Å²) in [7, 11) is 0. The fraction of sp³-hybridized carbons (Fsp3) is 0.250. The molecule has 1 N–H and O–H groups in total. The fourth-order valence-electron chi connectivity index (χ4n) is 2.33. The van der Waals surface area contributed by atoms with E-state index in [2.05, 4.69) is 31.0 Å². The Morgan fingerprint density at radius 2 is 1.87 bits per heavy atom. The lowest BCUT2D eigenvalue weighted by Gasteiger charge is -2.15. The zero-order chi connectivity index (χ0) is 16.5. The molecule has 0 fully saturated rings. The molecule has 0 heterocycles. The molecule has 0 saturated heterocycles. The molecule has 0 aliphatic heterocycles. The summed E-state index contributed by atoms with van der Waals surface area (Å²) < 4.78 is 0. The van der Waals surface area contributed by atoms with E-state index in [4.69, 9.17) is 0 Å². The molecule has 2 aromatic carbocycles. The van der Waals surface area contributed by atoms with Gasteiger partial charge in [0.2, 0.25) is 0 Å². The second kappa shape index (κ2) is 9.21. The summed E-state index contributed by atoms with van der Waals surface area (Å²) in [6.07, 6.45) is 3.74. The van der Waals surface area contributed by atoms with Crippen LogP contribution < -0.4 is 5.32 Å². The van der Waals surface area contributed by atoms with E-state index in [0.29, 0.717) is 0 Å². The number of amides is 1. The molecule has 3 heteroatoms. The number of rotatable bonds is 8. The number of carbonyl (C=O) groups excluding carboxylic acids is 1. The van der Waals surface area contributed by atoms with Gasteiger partial charge in [0.1, 0.15) is 0 Å². The maximum atomic E-state index is 12.5. The summed E-state index contributed by atoms with van der Waals surface area (Å²) in [5, 5.41) is 3.11. The lowest BCUT2D eigenvalue weighted by molar-refractivity contribution is 0.0935. The lowest BCUT2D eigenvalue weighted by atomic mass is 10.1. The van der Waals surface area contributed by atoms with E-state index in [-0.39, 0.29) is 11.9 Å². The van der Waals surface area contributed by atoms with Crippen molar-refractivity contribution in [2.75, 3.05) is 5.75 Å². The van der Waals surface area contributed by atoms with Gasteiger partial charge in [0.15, 0.2) is 0 Å². The molecular weight excluding hydrogens is 302 g/mol. The number of hydrogen-bond donors (Lipinski definition) is 1. The number of thioether (sulfide) groups is 1. The van der Waals surface area contributed by atoms with E-state index in [1.54, 1.807) is 11.8 Å². The van der Waals surface area contributed by atoms with E-state index < -0.39 is 0 Å². The zero-order valence-corrected chi connectivity index (χ0v) is 14.3. The van der Waals surface area contributed by atoms with Crippen LogP contribution in [0, 0.1) is 0 Å². The smallest absolute Gasteiger partial charge is 0.252 e. The van der Waals surface area contributed by atoms with Crippen molar-refractivity contribution in [3.8, 4) is 0 Å². The number of benzene rings is 2. The quantitative estimate of drug-likeness (QED) is 0.562. The standard InChI is InChI=1S/C20H23NOS/c1-3-15-23-19-12-8-7-11-18(19)20(22)21-16(2)13-14-17-9-5-4-6-10-17/h3-12,16H,1,13-15H2,2H3,(H,21,22)/t16-/m1/s1. The van der Waals surface area contributed by atoms with Gasteiger partial charge in [0.25, 0.3) is 5.91 Å². The molecule has 23 heavy (non-hydrogen) atoms. The van der Waals surface area contributed by atoms with Crippen LogP contribution in [0.25, 0.3) is 0 Å². The van der Waals surface area contributed by atoms with Crippen LogP contribution in [-0.4, -0.2) is 17.7 Å². The molecule has 0 bridgehead atoms. The highest BCUT2D eigenvalue weighted by Gasteiger charge is 2.13. The van der Waals surface area contributed by atoms with Crippen molar-refractivity contribution in [3.05, 3.63) is 78.4 Å². The van der Waals surface area contributed by atoms with Crippen LogP contribution in [0.1, 0.15) is 29.3 Å².